The smallest absolute Gasteiger partial charge is 0.254 e. The van der Waals surface area contributed by atoms with Crippen LogP contribution >= 0.6 is 11.6 Å². The van der Waals surface area contributed by atoms with Crippen molar-refractivity contribution in [2.75, 3.05) is 43.5 Å². The van der Waals surface area contributed by atoms with E-state index in [0.29, 0.717) is 53.8 Å². The molecule has 1 heterocycles. The molecule has 3 amide bonds. The van der Waals surface area contributed by atoms with Crippen LogP contribution in [0.2, 0.25) is 5.02 Å². The number of nitrogens with one attached hydrogen (secondary N) is 3. The van der Waals surface area contributed by atoms with Gasteiger partial charge in [-0.25, -0.2) is 0 Å². The van der Waals surface area contributed by atoms with Crippen LogP contribution in [0.4, 0.5) is 11.4 Å². The molecule has 35 heavy (non-hydrogen) atoms. The van der Waals surface area contributed by atoms with E-state index in [9.17, 15) is 14.4 Å². The maximum absolute atomic E-state index is 12.7. The summed E-state index contributed by atoms with van der Waals surface area (Å²) in [5, 5.41) is 9.25. The van der Waals surface area contributed by atoms with Crippen LogP contribution in [0.15, 0.2) is 42.5 Å². The molecule has 2 aliphatic rings. The minimum Gasteiger partial charge on any atom is -0.378 e. The largest absolute Gasteiger partial charge is 0.378 e. The molecule has 9 heteroatoms. The molecule has 0 radical (unpaired) electrons. The van der Waals surface area contributed by atoms with Gasteiger partial charge in [-0.05, 0) is 49.2 Å². The van der Waals surface area contributed by atoms with Crippen molar-refractivity contribution in [1.29, 1.82) is 0 Å². The van der Waals surface area contributed by atoms with Crippen molar-refractivity contribution in [3.63, 3.8) is 0 Å². The number of benzene rings is 2. The van der Waals surface area contributed by atoms with E-state index in [2.05, 4.69) is 16.0 Å². The molecular formula is C26H31ClN4O4. The lowest BCUT2D eigenvalue weighted by Crippen LogP contribution is -2.40. The molecule has 0 bridgehead atoms. The fourth-order valence-corrected chi connectivity index (χ4v) is 4.59. The SMILES string of the molecule is O=C(CNc1cccc(C(=O)N2CCOCC2)c1)Nc1ccc(Cl)c(C(=O)NC2CCCCC2)c1. The van der Waals surface area contributed by atoms with Gasteiger partial charge in [-0.2, -0.15) is 0 Å². The molecule has 0 aromatic heterocycles. The summed E-state index contributed by atoms with van der Waals surface area (Å²) in [6.07, 6.45) is 5.39. The fraction of sp³-hybridized carbons (Fsp3) is 0.423. The van der Waals surface area contributed by atoms with Gasteiger partial charge in [0.25, 0.3) is 11.8 Å². The Balaban J connectivity index is 1.32. The number of hydrogen-bond acceptors (Lipinski definition) is 5. The number of carbonyl (C=O) groups excluding carboxylic acids is 3. The third kappa shape index (κ3) is 6.96. The summed E-state index contributed by atoms with van der Waals surface area (Å²) in [4.78, 5) is 39.7. The molecule has 1 saturated heterocycles. The summed E-state index contributed by atoms with van der Waals surface area (Å²) in [7, 11) is 0. The van der Waals surface area contributed by atoms with Crippen molar-refractivity contribution in [1.82, 2.24) is 10.2 Å². The third-order valence-corrected chi connectivity index (χ3v) is 6.63. The lowest BCUT2D eigenvalue weighted by molar-refractivity contribution is -0.114. The summed E-state index contributed by atoms with van der Waals surface area (Å²) >= 11 is 6.26. The number of halogens is 1. The first-order chi connectivity index (χ1) is 17.0. The van der Waals surface area contributed by atoms with E-state index in [1.807, 2.05) is 0 Å². The maximum atomic E-state index is 12.7. The molecule has 3 N–H and O–H groups in total. The number of amides is 3. The van der Waals surface area contributed by atoms with Gasteiger partial charge < -0.3 is 25.6 Å². The fourth-order valence-electron chi connectivity index (χ4n) is 4.39. The first kappa shape index (κ1) is 25.0. The number of ether oxygens (including phenoxy) is 1. The first-order valence-electron chi connectivity index (χ1n) is 12.1. The number of hydrogen-bond donors (Lipinski definition) is 3. The van der Waals surface area contributed by atoms with Crippen molar-refractivity contribution in [3.05, 3.63) is 58.6 Å². The molecule has 0 atom stereocenters. The molecule has 0 unspecified atom stereocenters. The molecule has 2 aromatic rings. The standard InChI is InChI=1S/C26H31ClN4O4/c27-23-10-9-21(16-22(23)25(33)30-19-6-2-1-3-7-19)29-24(32)17-28-20-8-4-5-18(15-20)26(34)31-11-13-35-14-12-31/h4-5,8-10,15-16,19,28H,1-3,6-7,11-14,17H2,(H,29,32)(H,30,33). The van der Waals surface area contributed by atoms with E-state index < -0.39 is 0 Å². The Hall–Kier alpha value is -3.10. The maximum Gasteiger partial charge on any atom is 0.254 e. The highest BCUT2D eigenvalue weighted by Crippen LogP contribution is 2.23. The van der Waals surface area contributed by atoms with E-state index in [4.69, 9.17) is 16.3 Å². The quantitative estimate of drug-likeness (QED) is 0.537. The third-order valence-electron chi connectivity index (χ3n) is 6.30. The monoisotopic (exact) mass is 498 g/mol. The van der Waals surface area contributed by atoms with Gasteiger partial charge >= 0.3 is 0 Å². The molecule has 2 fully saturated rings. The van der Waals surface area contributed by atoms with Crippen LogP contribution in [0.25, 0.3) is 0 Å². The summed E-state index contributed by atoms with van der Waals surface area (Å²) in [5.74, 6) is -0.560. The number of nitrogens with zero attached hydrogens (tertiary/aromatic N) is 1. The number of carbonyl (C=O) groups is 3. The van der Waals surface area contributed by atoms with Crippen molar-refractivity contribution in [2.45, 2.75) is 38.1 Å². The Morgan fingerprint density at radius 1 is 0.971 bits per heavy atom. The predicted molar refractivity (Wildman–Crippen MR) is 136 cm³/mol. The summed E-state index contributed by atoms with van der Waals surface area (Å²) < 4.78 is 5.30. The summed E-state index contributed by atoms with van der Waals surface area (Å²) in [6, 6.07) is 12.1. The predicted octanol–water partition coefficient (Wildman–Crippen LogP) is 3.93. The molecular weight excluding hydrogens is 468 g/mol. The normalized spacial score (nSPS) is 16.4. The zero-order valence-corrected chi connectivity index (χ0v) is 20.4. The van der Waals surface area contributed by atoms with Crippen LogP contribution in [0.5, 0.6) is 0 Å². The summed E-state index contributed by atoms with van der Waals surface area (Å²) in [5.41, 5.74) is 2.06. The van der Waals surface area contributed by atoms with Crippen LogP contribution in [0, 0.1) is 0 Å². The van der Waals surface area contributed by atoms with E-state index in [-0.39, 0.29) is 30.3 Å². The first-order valence-corrected chi connectivity index (χ1v) is 12.5. The van der Waals surface area contributed by atoms with Crippen molar-refractivity contribution < 1.29 is 19.1 Å². The molecule has 0 spiro atoms. The van der Waals surface area contributed by atoms with Crippen molar-refractivity contribution in [2.24, 2.45) is 0 Å². The van der Waals surface area contributed by atoms with Gasteiger partial charge in [-0.15, -0.1) is 0 Å². The zero-order valence-electron chi connectivity index (χ0n) is 19.6. The Morgan fingerprint density at radius 3 is 2.51 bits per heavy atom. The highest BCUT2D eigenvalue weighted by atomic mass is 35.5. The van der Waals surface area contributed by atoms with Gasteiger partial charge in [-0.3, -0.25) is 14.4 Å². The Labute approximate surface area is 210 Å². The molecule has 1 aliphatic heterocycles. The zero-order chi connectivity index (χ0) is 24.6. The average Bonchev–Trinajstić information content (AvgIpc) is 2.89. The second-order valence-corrected chi connectivity index (χ2v) is 9.30. The van der Waals surface area contributed by atoms with E-state index in [0.717, 1.165) is 25.7 Å². The van der Waals surface area contributed by atoms with E-state index in [1.54, 1.807) is 47.4 Å². The molecule has 1 saturated carbocycles. The Kier molecular flexibility index (Phi) is 8.60. The lowest BCUT2D eigenvalue weighted by Gasteiger charge is -2.27. The van der Waals surface area contributed by atoms with E-state index >= 15 is 0 Å². The molecule has 8 nitrogen and oxygen atoms in total. The topological polar surface area (TPSA) is 99.8 Å². The minimum absolute atomic E-state index is 0.00142. The van der Waals surface area contributed by atoms with Gasteiger partial charge in [-0.1, -0.05) is 36.9 Å². The number of anilines is 2. The van der Waals surface area contributed by atoms with Gasteiger partial charge in [0.05, 0.1) is 30.3 Å². The van der Waals surface area contributed by atoms with Gasteiger partial charge in [0.2, 0.25) is 5.91 Å². The average molecular weight is 499 g/mol. The van der Waals surface area contributed by atoms with Crippen LogP contribution in [-0.4, -0.2) is 61.5 Å². The number of rotatable bonds is 7. The van der Waals surface area contributed by atoms with Gasteiger partial charge in [0.15, 0.2) is 0 Å². The van der Waals surface area contributed by atoms with Crippen molar-refractivity contribution in [3.8, 4) is 0 Å². The van der Waals surface area contributed by atoms with Crippen LogP contribution in [0.3, 0.4) is 0 Å². The molecule has 2 aromatic carbocycles. The lowest BCUT2D eigenvalue weighted by atomic mass is 9.95. The Morgan fingerprint density at radius 2 is 1.74 bits per heavy atom. The highest BCUT2D eigenvalue weighted by Gasteiger charge is 2.20. The van der Waals surface area contributed by atoms with Crippen LogP contribution in [-0.2, 0) is 9.53 Å². The second kappa shape index (κ2) is 12.0. The second-order valence-electron chi connectivity index (χ2n) is 8.89. The molecule has 1 aliphatic carbocycles. The van der Waals surface area contributed by atoms with Crippen LogP contribution in [0.1, 0.15) is 52.8 Å². The van der Waals surface area contributed by atoms with Gasteiger partial charge in [0.1, 0.15) is 0 Å². The van der Waals surface area contributed by atoms with Crippen molar-refractivity contribution >= 4 is 40.7 Å². The Bertz CT molecular complexity index is 1070. The highest BCUT2D eigenvalue weighted by molar-refractivity contribution is 6.34. The molecule has 4 rings (SSSR count). The minimum atomic E-state index is -0.282. The van der Waals surface area contributed by atoms with Gasteiger partial charge in [0, 0.05) is 36.1 Å². The molecule has 186 valence electrons. The van der Waals surface area contributed by atoms with Crippen LogP contribution < -0.4 is 16.0 Å². The summed E-state index contributed by atoms with van der Waals surface area (Å²) in [6.45, 7) is 2.22. The number of morpholine rings is 1. The van der Waals surface area contributed by atoms with E-state index in [1.165, 1.54) is 6.42 Å².